The van der Waals surface area contributed by atoms with Crippen LogP contribution in [0.25, 0.3) is 0 Å². The molecule has 8 heavy (non-hydrogen) atoms. The molecule has 1 heterocycles. The molecule has 0 saturated heterocycles. The van der Waals surface area contributed by atoms with E-state index in [2.05, 4.69) is 4.98 Å². The molecule has 0 aromatic carbocycles. The first-order chi connectivity index (χ1) is 3.91. The van der Waals surface area contributed by atoms with Crippen molar-refractivity contribution in [1.82, 2.24) is 4.98 Å². The van der Waals surface area contributed by atoms with E-state index in [4.69, 9.17) is 23.2 Å². The van der Waals surface area contributed by atoms with Crippen LogP contribution in [0.1, 0.15) is 0 Å². The number of halogens is 2. The van der Waals surface area contributed by atoms with Crippen LogP contribution in [0.4, 0.5) is 0 Å². The number of hydrogen-bond acceptors (Lipinski definition) is 0. The van der Waals surface area contributed by atoms with Gasteiger partial charge in [0.1, 0.15) is 0 Å². The second-order valence-corrected chi connectivity index (χ2v) is 1.79. The second kappa shape index (κ2) is 6.86. The minimum absolute atomic E-state index is 0.194. The van der Waals surface area contributed by atoms with E-state index in [1.807, 2.05) is 24.5 Å². The quantitative estimate of drug-likeness (QED) is 0.549. The van der Waals surface area contributed by atoms with E-state index >= 15 is 0 Å². The van der Waals surface area contributed by atoms with Crippen molar-refractivity contribution in [2.75, 3.05) is 5.34 Å². The SMILES string of the molecule is ClCCl.c1cc[nH]c1. The number of nitrogens with one attached hydrogen (secondary N) is 1. The molecule has 0 fully saturated rings. The Morgan fingerprint density at radius 1 is 1.12 bits per heavy atom. The Labute approximate surface area is 58.6 Å². The van der Waals surface area contributed by atoms with Crippen LogP contribution in [0.5, 0.6) is 0 Å². The highest BCUT2D eigenvalue weighted by atomic mass is 35.5. The summed E-state index contributed by atoms with van der Waals surface area (Å²) in [5.74, 6) is 0. The zero-order valence-corrected chi connectivity index (χ0v) is 5.78. The predicted octanol–water partition coefficient (Wildman–Crippen LogP) is 2.44. The smallest absolute Gasteiger partial charge is 0.0967 e. The van der Waals surface area contributed by atoms with Gasteiger partial charge in [0.2, 0.25) is 0 Å². The van der Waals surface area contributed by atoms with Crippen LogP contribution in [0.3, 0.4) is 0 Å². The average molecular weight is 152 g/mol. The van der Waals surface area contributed by atoms with Crippen LogP contribution in [0.15, 0.2) is 24.5 Å². The van der Waals surface area contributed by atoms with E-state index in [9.17, 15) is 0 Å². The van der Waals surface area contributed by atoms with E-state index in [0.29, 0.717) is 0 Å². The van der Waals surface area contributed by atoms with Crippen LogP contribution < -0.4 is 0 Å². The summed E-state index contributed by atoms with van der Waals surface area (Å²) < 4.78 is 0. The minimum Gasteiger partial charge on any atom is -0.368 e. The maximum absolute atomic E-state index is 4.76. The maximum Gasteiger partial charge on any atom is 0.0967 e. The summed E-state index contributed by atoms with van der Waals surface area (Å²) in [5.41, 5.74) is 0. The van der Waals surface area contributed by atoms with Gasteiger partial charge >= 0.3 is 0 Å². The molecule has 0 radical (unpaired) electrons. The minimum atomic E-state index is 0.194. The maximum atomic E-state index is 4.76. The zero-order chi connectivity index (χ0) is 6.24. The van der Waals surface area contributed by atoms with Crippen molar-refractivity contribution in [2.45, 2.75) is 0 Å². The summed E-state index contributed by atoms with van der Waals surface area (Å²) in [6, 6.07) is 3.89. The molecular formula is C5H7Cl2N. The molecule has 0 bridgehead atoms. The average Bonchev–Trinajstić information content (AvgIpc) is 2.17. The molecule has 1 aromatic rings. The molecule has 0 unspecified atom stereocenters. The van der Waals surface area contributed by atoms with Gasteiger partial charge in [-0.15, -0.1) is 23.2 Å². The summed E-state index contributed by atoms with van der Waals surface area (Å²) in [5, 5.41) is 0.194. The lowest BCUT2D eigenvalue weighted by atomic mass is 10.7. The van der Waals surface area contributed by atoms with Gasteiger partial charge in [0.15, 0.2) is 0 Å². The second-order valence-electron chi connectivity index (χ2n) is 0.986. The monoisotopic (exact) mass is 151 g/mol. The molecule has 1 nitrogen and oxygen atoms in total. The van der Waals surface area contributed by atoms with E-state index in [1.165, 1.54) is 0 Å². The highest BCUT2D eigenvalue weighted by Crippen LogP contribution is 1.73. The van der Waals surface area contributed by atoms with Gasteiger partial charge in [-0.1, -0.05) is 0 Å². The molecule has 0 saturated carbocycles. The molecule has 0 amide bonds. The number of aromatic nitrogens is 1. The van der Waals surface area contributed by atoms with Crippen LogP contribution >= 0.6 is 23.2 Å². The molecule has 46 valence electrons. The zero-order valence-electron chi connectivity index (χ0n) is 4.27. The Hall–Kier alpha value is -0.140. The number of hydrogen-bond donors (Lipinski definition) is 1. The lowest BCUT2D eigenvalue weighted by Crippen LogP contribution is -1.38. The van der Waals surface area contributed by atoms with E-state index in [0.717, 1.165) is 0 Å². The van der Waals surface area contributed by atoms with Crippen molar-refractivity contribution in [3.63, 3.8) is 0 Å². The van der Waals surface area contributed by atoms with Gasteiger partial charge in [-0.3, -0.25) is 0 Å². The number of rotatable bonds is 0. The van der Waals surface area contributed by atoms with E-state index in [-0.39, 0.29) is 5.34 Å². The molecule has 0 aliphatic rings. The highest BCUT2D eigenvalue weighted by Gasteiger charge is 1.55. The molecule has 0 aliphatic carbocycles. The van der Waals surface area contributed by atoms with E-state index < -0.39 is 0 Å². The Balaban J connectivity index is 0.000000145. The first kappa shape index (κ1) is 7.86. The third-order valence-electron chi connectivity index (χ3n) is 0.496. The van der Waals surface area contributed by atoms with Crippen molar-refractivity contribution in [3.8, 4) is 0 Å². The largest absolute Gasteiger partial charge is 0.368 e. The lowest BCUT2D eigenvalue weighted by molar-refractivity contribution is 1.42. The molecule has 1 rings (SSSR count). The van der Waals surface area contributed by atoms with Gasteiger partial charge in [-0.25, -0.2) is 0 Å². The van der Waals surface area contributed by atoms with Gasteiger partial charge in [0.05, 0.1) is 5.34 Å². The first-order valence-corrected chi connectivity index (χ1v) is 3.18. The summed E-state index contributed by atoms with van der Waals surface area (Å²) >= 11 is 9.53. The van der Waals surface area contributed by atoms with Crippen molar-refractivity contribution in [1.29, 1.82) is 0 Å². The van der Waals surface area contributed by atoms with Gasteiger partial charge in [-0.05, 0) is 12.1 Å². The van der Waals surface area contributed by atoms with Crippen molar-refractivity contribution in [2.24, 2.45) is 0 Å². The van der Waals surface area contributed by atoms with Gasteiger partial charge in [-0.2, -0.15) is 0 Å². The Bertz CT molecular complexity index is 77.3. The normalized spacial score (nSPS) is 7.25. The molecule has 0 aliphatic heterocycles. The Morgan fingerprint density at radius 3 is 1.62 bits per heavy atom. The van der Waals surface area contributed by atoms with Crippen LogP contribution in [-0.4, -0.2) is 10.3 Å². The standard InChI is InChI=1S/C4H5N.CH2Cl2/c1-2-4-5-3-1;2-1-3/h1-5H;1H2. The molecule has 3 heteroatoms. The topological polar surface area (TPSA) is 15.8 Å². The fourth-order valence-corrected chi connectivity index (χ4v) is 0.278. The summed E-state index contributed by atoms with van der Waals surface area (Å²) in [4.78, 5) is 2.86. The fraction of sp³-hybridized carbons (Fsp3) is 0.200. The summed E-state index contributed by atoms with van der Waals surface area (Å²) in [7, 11) is 0. The van der Waals surface area contributed by atoms with Gasteiger partial charge < -0.3 is 4.98 Å². The van der Waals surface area contributed by atoms with Gasteiger partial charge in [0, 0.05) is 12.4 Å². The van der Waals surface area contributed by atoms with Crippen molar-refractivity contribution < 1.29 is 0 Å². The lowest BCUT2D eigenvalue weighted by Gasteiger charge is -1.49. The third kappa shape index (κ3) is 5.86. The van der Waals surface area contributed by atoms with Gasteiger partial charge in [0.25, 0.3) is 0 Å². The van der Waals surface area contributed by atoms with Crippen LogP contribution in [-0.2, 0) is 0 Å². The molecule has 0 atom stereocenters. The Kier molecular flexibility index (Phi) is 6.74. The van der Waals surface area contributed by atoms with Crippen LogP contribution in [0, 0.1) is 0 Å². The first-order valence-electron chi connectivity index (χ1n) is 2.11. The van der Waals surface area contributed by atoms with E-state index in [1.54, 1.807) is 0 Å². The molecular weight excluding hydrogens is 145 g/mol. The predicted molar refractivity (Wildman–Crippen MR) is 37.4 cm³/mol. The highest BCUT2D eigenvalue weighted by molar-refractivity contribution is 6.40. The summed E-state index contributed by atoms with van der Waals surface area (Å²) in [6.07, 6.45) is 3.75. The van der Waals surface area contributed by atoms with Crippen molar-refractivity contribution >= 4 is 23.2 Å². The van der Waals surface area contributed by atoms with Crippen LogP contribution in [0.2, 0.25) is 0 Å². The number of alkyl halides is 2. The third-order valence-corrected chi connectivity index (χ3v) is 0.496. The molecule has 1 aromatic heterocycles. The summed E-state index contributed by atoms with van der Waals surface area (Å²) in [6.45, 7) is 0. The fourth-order valence-electron chi connectivity index (χ4n) is 0.278. The number of aromatic amines is 1. The molecule has 1 N–H and O–H groups in total. The molecule has 0 spiro atoms. The Morgan fingerprint density at radius 2 is 1.50 bits per heavy atom. The number of H-pyrrole nitrogens is 1. The van der Waals surface area contributed by atoms with Crippen molar-refractivity contribution in [3.05, 3.63) is 24.5 Å².